The van der Waals surface area contributed by atoms with Gasteiger partial charge >= 0.3 is 6.18 Å². The molecule has 3 heterocycles. The van der Waals surface area contributed by atoms with Gasteiger partial charge in [-0.15, -0.1) is 0 Å². The number of nitrogens with zero attached hydrogens (tertiary/aromatic N) is 3. The summed E-state index contributed by atoms with van der Waals surface area (Å²) in [7, 11) is 1.99. The molecule has 34 heavy (non-hydrogen) atoms. The fourth-order valence-corrected chi connectivity index (χ4v) is 4.68. The van der Waals surface area contributed by atoms with E-state index in [2.05, 4.69) is 20.2 Å². The Morgan fingerprint density at radius 1 is 1.12 bits per heavy atom. The second-order valence-corrected chi connectivity index (χ2v) is 8.76. The van der Waals surface area contributed by atoms with Crippen molar-refractivity contribution in [2.24, 2.45) is 0 Å². The van der Waals surface area contributed by atoms with E-state index < -0.39 is 34.4 Å². The van der Waals surface area contributed by atoms with Crippen LogP contribution in [0.3, 0.4) is 0 Å². The van der Waals surface area contributed by atoms with E-state index in [4.69, 9.17) is 11.6 Å². The molecule has 1 aromatic carbocycles. The minimum absolute atomic E-state index is 0.0217. The molecule has 2 atom stereocenters. The average Bonchev–Trinajstić information content (AvgIpc) is 2.83. The standard InChI is InChI=1S/C25H24ClF3N4O/c1-33-14-3-2-6-20(33)22(17-9-7-16(8-10-17)18-5-4-12-30-15-18)32-24(34)23-21(26)19(11-13-31-23)25(27,28)29/h4-5,7-13,15,20,22H,2-3,6,14H2,1H3,(H,32,34)/t20-,22?/m0/s1. The highest BCUT2D eigenvalue weighted by Crippen LogP contribution is 2.36. The summed E-state index contributed by atoms with van der Waals surface area (Å²) in [6.45, 7) is 0.868. The van der Waals surface area contributed by atoms with Crippen molar-refractivity contribution in [3.05, 3.63) is 82.9 Å². The molecular formula is C25H24ClF3N4O. The van der Waals surface area contributed by atoms with E-state index in [0.717, 1.165) is 54.8 Å². The van der Waals surface area contributed by atoms with Crippen LogP contribution < -0.4 is 5.32 Å². The van der Waals surface area contributed by atoms with Gasteiger partial charge in [-0.2, -0.15) is 13.2 Å². The number of benzene rings is 1. The van der Waals surface area contributed by atoms with Crippen LogP contribution in [0.25, 0.3) is 11.1 Å². The lowest BCUT2D eigenvalue weighted by atomic mass is 9.90. The number of hydrogen-bond acceptors (Lipinski definition) is 4. The van der Waals surface area contributed by atoms with Gasteiger partial charge in [-0.3, -0.25) is 9.78 Å². The van der Waals surface area contributed by atoms with Crippen molar-refractivity contribution >= 4 is 17.5 Å². The number of likely N-dealkylation sites (N-methyl/N-ethyl adjacent to an activating group) is 1. The Kier molecular flexibility index (Phi) is 7.19. The monoisotopic (exact) mass is 488 g/mol. The fourth-order valence-electron chi connectivity index (χ4n) is 4.37. The number of hydrogen-bond donors (Lipinski definition) is 1. The molecule has 1 aliphatic heterocycles. The fraction of sp³-hybridized carbons (Fsp3) is 0.320. The van der Waals surface area contributed by atoms with Gasteiger partial charge in [0.25, 0.3) is 5.91 Å². The summed E-state index contributed by atoms with van der Waals surface area (Å²) in [5, 5.41) is 2.22. The summed E-state index contributed by atoms with van der Waals surface area (Å²) in [5.74, 6) is -0.739. The number of rotatable bonds is 5. The number of alkyl halides is 3. The highest BCUT2D eigenvalue weighted by atomic mass is 35.5. The van der Waals surface area contributed by atoms with Gasteiger partial charge in [0.05, 0.1) is 16.6 Å². The minimum atomic E-state index is -4.68. The highest BCUT2D eigenvalue weighted by molar-refractivity contribution is 6.34. The van der Waals surface area contributed by atoms with Crippen molar-refractivity contribution < 1.29 is 18.0 Å². The van der Waals surface area contributed by atoms with Gasteiger partial charge in [-0.25, -0.2) is 4.98 Å². The van der Waals surface area contributed by atoms with Gasteiger partial charge in [-0.1, -0.05) is 48.4 Å². The molecule has 1 aliphatic rings. The van der Waals surface area contributed by atoms with E-state index in [1.54, 1.807) is 12.4 Å². The number of carbonyl (C=O) groups excluding carboxylic acids is 1. The van der Waals surface area contributed by atoms with Crippen LogP contribution in [-0.4, -0.2) is 40.4 Å². The van der Waals surface area contributed by atoms with Crippen molar-refractivity contribution in [2.45, 2.75) is 37.5 Å². The van der Waals surface area contributed by atoms with Crippen molar-refractivity contribution in [1.29, 1.82) is 0 Å². The van der Waals surface area contributed by atoms with E-state index in [-0.39, 0.29) is 6.04 Å². The number of likely N-dealkylation sites (tertiary alicyclic amines) is 1. The predicted molar refractivity (Wildman–Crippen MR) is 124 cm³/mol. The molecule has 3 aromatic rings. The lowest BCUT2D eigenvalue weighted by Crippen LogP contribution is -2.47. The zero-order valence-electron chi connectivity index (χ0n) is 18.5. The van der Waals surface area contributed by atoms with Gasteiger partial charge in [0.2, 0.25) is 0 Å². The molecule has 1 amide bonds. The molecule has 0 radical (unpaired) electrons. The number of aromatic nitrogens is 2. The van der Waals surface area contributed by atoms with Crippen molar-refractivity contribution in [1.82, 2.24) is 20.2 Å². The molecule has 0 bridgehead atoms. The largest absolute Gasteiger partial charge is 0.417 e. The predicted octanol–water partition coefficient (Wildman–Crippen LogP) is 5.77. The molecule has 9 heteroatoms. The Morgan fingerprint density at radius 2 is 1.88 bits per heavy atom. The average molecular weight is 489 g/mol. The molecule has 1 unspecified atom stereocenters. The third-order valence-electron chi connectivity index (χ3n) is 6.17. The second-order valence-electron chi connectivity index (χ2n) is 8.38. The van der Waals surface area contributed by atoms with E-state index in [1.165, 1.54) is 0 Å². The van der Waals surface area contributed by atoms with Crippen LogP contribution in [0.15, 0.2) is 61.1 Å². The number of piperidine rings is 1. The van der Waals surface area contributed by atoms with Gasteiger partial charge in [-0.05, 0) is 55.3 Å². The number of pyridine rings is 2. The maximum absolute atomic E-state index is 13.3. The molecule has 0 aliphatic carbocycles. The molecule has 1 fully saturated rings. The van der Waals surface area contributed by atoms with Crippen LogP contribution in [-0.2, 0) is 6.18 Å². The van der Waals surface area contributed by atoms with E-state index >= 15 is 0 Å². The van der Waals surface area contributed by atoms with Crippen LogP contribution in [0.1, 0.15) is 46.9 Å². The van der Waals surface area contributed by atoms with Crippen LogP contribution in [0.5, 0.6) is 0 Å². The van der Waals surface area contributed by atoms with Gasteiger partial charge in [0.1, 0.15) is 5.69 Å². The first-order chi connectivity index (χ1) is 16.3. The number of amides is 1. The van der Waals surface area contributed by atoms with Crippen LogP contribution in [0.2, 0.25) is 5.02 Å². The SMILES string of the molecule is CN1CCCC[C@H]1C(NC(=O)c1nccc(C(F)(F)F)c1Cl)c1ccc(-c2cccnc2)cc1. The quantitative estimate of drug-likeness (QED) is 0.495. The second kappa shape index (κ2) is 10.1. The summed E-state index contributed by atoms with van der Waals surface area (Å²) in [5.41, 5.74) is 1.27. The Labute approximate surface area is 201 Å². The topological polar surface area (TPSA) is 58.1 Å². The lowest BCUT2D eigenvalue weighted by molar-refractivity contribution is -0.137. The molecule has 0 spiro atoms. The summed E-state index contributed by atoms with van der Waals surface area (Å²) < 4.78 is 39.9. The Hall–Kier alpha value is -2.97. The molecule has 1 N–H and O–H groups in total. The molecule has 5 nitrogen and oxygen atoms in total. The molecule has 4 rings (SSSR count). The number of halogens is 4. The van der Waals surface area contributed by atoms with Crippen LogP contribution >= 0.6 is 11.6 Å². The maximum Gasteiger partial charge on any atom is 0.417 e. The molecule has 0 saturated carbocycles. The highest BCUT2D eigenvalue weighted by Gasteiger charge is 2.36. The zero-order valence-corrected chi connectivity index (χ0v) is 19.3. The van der Waals surface area contributed by atoms with Crippen molar-refractivity contribution in [2.75, 3.05) is 13.6 Å². The van der Waals surface area contributed by atoms with E-state index in [9.17, 15) is 18.0 Å². The normalized spacial score (nSPS) is 17.9. The number of nitrogens with one attached hydrogen (secondary N) is 1. The van der Waals surface area contributed by atoms with Gasteiger partial charge in [0, 0.05) is 24.6 Å². The first kappa shape index (κ1) is 24.2. The summed E-state index contributed by atoms with van der Waals surface area (Å²) in [6.07, 6.45) is 2.63. The molecular weight excluding hydrogens is 465 g/mol. The first-order valence-electron chi connectivity index (χ1n) is 11.0. The van der Waals surface area contributed by atoms with Crippen LogP contribution in [0.4, 0.5) is 13.2 Å². The molecule has 1 saturated heterocycles. The molecule has 178 valence electrons. The Morgan fingerprint density at radius 3 is 2.53 bits per heavy atom. The summed E-state index contributed by atoms with van der Waals surface area (Å²) in [6, 6.07) is 11.9. The number of carbonyl (C=O) groups is 1. The summed E-state index contributed by atoms with van der Waals surface area (Å²) >= 11 is 5.96. The van der Waals surface area contributed by atoms with Gasteiger partial charge < -0.3 is 10.2 Å². The molecule has 2 aromatic heterocycles. The first-order valence-corrected chi connectivity index (χ1v) is 11.4. The smallest absolute Gasteiger partial charge is 0.342 e. The van der Waals surface area contributed by atoms with E-state index in [1.807, 2.05) is 43.4 Å². The third-order valence-corrected chi connectivity index (χ3v) is 6.56. The van der Waals surface area contributed by atoms with Crippen molar-refractivity contribution in [3.8, 4) is 11.1 Å². The Balaban J connectivity index is 1.66. The third kappa shape index (κ3) is 5.23. The lowest BCUT2D eigenvalue weighted by Gasteiger charge is -2.38. The minimum Gasteiger partial charge on any atom is -0.342 e. The van der Waals surface area contributed by atoms with Crippen LogP contribution in [0, 0.1) is 0 Å². The zero-order chi connectivity index (χ0) is 24.3. The van der Waals surface area contributed by atoms with E-state index in [0.29, 0.717) is 0 Å². The maximum atomic E-state index is 13.3. The summed E-state index contributed by atoms with van der Waals surface area (Å²) in [4.78, 5) is 23.3. The Bertz CT molecular complexity index is 1140. The van der Waals surface area contributed by atoms with Gasteiger partial charge in [0.15, 0.2) is 0 Å². The van der Waals surface area contributed by atoms with Crippen molar-refractivity contribution in [3.63, 3.8) is 0 Å².